The van der Waals surface area contributed by atoms with E-state index in [0.29, 0.717) is 12.8 Å². The van der Waals surface area contributed by atoms with E-state index < -0.39 is 21.0 Å². The Kier molecular flexibility index (Phi) is 4.84. The maximum atomic E-state index is 12.9. The first-order valence-corrected chi connectivity index (χ1v) is 11.9. The molecule has 8 heteroatoms. The molecule has 0 bridgehead atoms. The van der Waals surface area contributed by atoms with Crippen LogP contribution in [0.1, 0.15) is 59.3 Å². The van der Waals surface area contributed by atoms with Crippen molar-refractivity contribution in [3.05, 3.63) is 35.1 Å². The van der Waals surface area contributed by atoms with Crippen LogP contribution in [0.25, 0.3) is 0 Å². The van der Waals surface area contributed by atoms with Gasteiger partial charge in [-0.25, -0.2) is 0 Å². The molecule has 0 heterocycles. The van der Waals surface area contributed by atoms with Crippen molar-refractivity contribution >= 4 is 15.9 Å². The van der Waals surface area contributed by atoms with Gasteiger partial charge in [0.2, 0.25) is 0 Å². The molecule has 0 spiro atoms. The van der Waals surface area contributed by atoms with Crippen LogP contribution in [0.2, 0.25) is 0 Å². The second-order valence-corrected chi connectivity index (χ2v) is 11.1. The number of allylic oxidation sites excluding steroid dienone is 5. The molecule has 2 fully saturated rings. The number of alkyl halides is 3. The van der Waals surface area contributed by atoms with Gasteiger partial charge in [-0.2, -0.15) is 21.6 Å². The third-order valence-electron chi connectivity index (χ3n) is 8.07. The minimum atomic E-state index is -5.70. The lowest BCUT2D eigenvalue weighted by Crippen LogP contribution is -2.49. The van der Waals surface area contributed by atoms with Crippen molar-refractivity contribution in [3.63, 3.8) is 0 Å². The average Bonchev–Trinajstić information content (AvgIpc) is 2.97. The molecule has 30 heavy (non-hydrogen) atoms. The molecule has 5 atom stereocenters. The van der Waals surface area contributed by atoms with Gasteiger partial charge in [0.05, 0.1) is 0 Å². The van der Waals surface area contributed by atoms with Crippen molar-refractivity contribution in [1.29, 1.82) is 0 Å². The Hall–Kier alpha value is -1.57. The van der Waals surface area contributed by atoms with Crippen molar-refractivity contribution < 1.29 is 30.6 Å². The fourth-order valence-corrected chi connectivity index (χ4v) is 6.99. The van der Waals surface area contributed by atoms with Crippen molar-refractivity contribution in [3.8, 4) is 0 Å². The molecule has 0 saturated heterocycles. The van der Waals surface area contributed by atoms with Crippen molar-refractivity contribution in [1.82, 2.24) is 0 Å². The lowest BCUT2D eigenvalue weighted by Gasteiger charge is -2.57. The van der Waals surface area contributed by atoms with Gasteiger partial charge in [-0.05, 0) is 74.3 Å². The Morgan fingerprint density at radius 1 is 1.17 bits per heavy atom. The van der Waals surface area contributed by atoms with E-state index in [9.17, 15) is 26.4 Å². The van der Waals surface area contributed by atoms with Crippen LogP contribution in [0.5, 0.6) is 0 Å². The molecule has 0 radical (unpaired) electrons. The van der Waals surface area contributed by atoms with E-state index in [4.69, 9.17) is 0 Å². The summed E-state index contributed by atoms with van der Waals surface area (Å²) in [6.45, 7) is 6.11. The average molecular weight is 445 g/mol. The highest BCUT2D eigenvalue weighted by molar-refractivity contribution is 7.87. The SMILES string of the molecule is CCC1CC2C3=CC=C(OS(=O)(=O)C(F)(F)F)C3(C)CCC2C2(C)CCC(=O)C=C12. The zero-order valence-corrected chi connectivity index (χ0v) is 18.2. The van der Waals surface area contributed by atoms with E-state index in [0.717, 1.165) is 31.3 Å². The lowest BCUT2D eigenvalue weighted by molar-refractivity contribution is -0.116. The van der Waals surface area contributed by atoms with Gasteiger partial charge in [0.1, 0.15) is 5.76 Å². The Labute approximate surface area is 175 Å². The van der Waals surface area contributed by atoms with Crippen molar-refractivity contribution in [2.75, 3.05) is 0 Å². The van der Waals surface area contributed by atoms with Gasteiger partial charge in [-0.3, -0.25) is 4.79 Å². The van der Waals surface area contributed by atoms with E-state index >= 15 is 0 Å². The zero-order valence-electron chi connectivity index (χ0n) is 17.4. The highest BCUT2D eigenvalue weighted by atomic mass is 32.2. The van der Waals surface area contributed by atoms with Gasteiger partial charge >= 0.3 is 15.6 Å². The van der Waals surface area contributed by atoms with E-state index in [1.165, 1.54) is 11.6 Å². The van der Waals surface area contributed by atoms with E-state index in [-0.39, 0.29) is 34.7 Å². The Bertz CT molecular complexity index is 975. The standard InChI is InChI=1S/C22H27F3O4S/c1-4-13-11-15-16-5-6-19(29-30(27,28)22(23,24)25)21(16,3)10-8-17(15)20(2)9-7-14(26)12-18(13)20/h5-6,12-13,15,17H,4,7-11H2,1-3H3. The maximum absolute atomic E-state index is 12.9. The molecule has 4 aliphatic rings. The second-order valence-electron chi connectivity index (χ2n) is 9.54. The molecule has 4 rings (SSSR count). The molecule has 0 aromatic rings. The molecule has 0 aromatic carbocycles. The number of ketones is 1. The topological polar surface area (TPSA) is 60.4 Å². The molecule has 166 valence electrons. The number of halogens is 3. The fourth-order valence-electron chi connectivity index (χ4n) is 6.42. The summed E-state index contributed by atoms with van der Waals surface area (Å²) in [7, 11) is -5.70. The lowest BCUT2D eigenvalue weighted by atomic mass is 9.47. The van der Waals surface area contributed by atoms with Gasteiger partial charge in [0, 0.05) is 11.8 Å². The van der Waals surface area contributed by atoms with Gasteiger partial charge in [-0.15, -0.1) is 0 Å². The van der Waals surface area contributed by atoms with E-state index in [1.807, 2.05) is 6.08 Å². The molecule has 0 aromatic heterocycles. The molecular formula is C22H27F3O4S. The summed E-state index contributed by atoms with van der Waals surface area (Å²) >= 11 is 0. The Balaban J connectivity index is 1.67. The van der Waals surface area contributed by atoms with Crippen LogP contribution in [0.4, 0.5) is 13.2 Å². The van der Waals surface area contributed by atoms with Crippen LogP contribution in [-0.4, -0.2) is 19.7 Å². The van der Waals surface area contributed by atoms with E-state index in [2.05, 4.69) is 18.0 Å². The molecule has 4 aliphatic carbocycles. The predicted octanol–water partition coefficient (Wildman–Crippen LogP) is 5.43. The normalized spacial score (nSPS) is 38.7. The number of hydrogen-bond acceptors (Lipinski definition) is 4. The quantitative estimate of drug-likeness (QED) is 0.430. The van der Waals surface area contributed by atoms with Crippen molar-refractivity contribution in [2.45, 2.75) is 64.8 Å². The highest BCUT2D eigenvalue weighted by Crippen LogP contribution is 2.65. The molecule has 0 N–H and O–H groups in total. The summed E-state index contributed by atoms with van der Waals surface area (Å²) < 4.78 is 66.5. The summed E-state index contributed by atoms with van der Waals surface area (Å²) in [4.78, 5) is 12.1. The molecule has 5 unspecified atom stereocenters. The minimum Gasteiger partial charge on any atom is -0.380 e. The van der Waals surface area contributed by atoms with Crippen molar-refractivity contribution in [2.24, 2.45) is 28.6 Å². The van der Waals surface area contributed by atoms with Crippen LogP contribution in [-0.2, 0) is 19.1 Å². The predicted molar refractivity (Wildman–Crippen MR) is 105 cm³/mol. The fraction of sp³-hybridized carbons (Fsp3) is 0.682. The summed E-state index contributed by atoms with van der Waals surface area (Å²) in [6.07, 6.45) is 9.32. The molecular weight excluding hydrogens is 417 g/mol. The number of fused-ring (bicyclic) bond motifs is 5. The first-order valence-electron chi connectivity index (χ1n) is 10.5. The van der Waals surface area contributed by atoms with Gasteiger partial charge in [0.15, 0.2) is 5.78 Å². The third kappa shape index (κ3) is 3.00. The molecule has 4 nitrogen and oxygen atoms in total. The van der Waals surface area contributed by atoms with E-state index in [1.54, 1.807) is 13.0 Å². The Morgan fingerprint density at radius 2 is 1.87 bits per heavy atom. The van der Waals surface area contributed by atoms with Gasteiger partial charge in [-0.1, -0.05) is 31.1 Å². The zero-order chi connectivity index (χ0) is 22.1. The largest absolute Gasteiger partial charge is 0.534 e. The number of rotatable bonds is 3. The number of hydrogen-bond donors (Lipinski definition) is 0. The summed E-state index contributed by atoms with van der Waals surface area (Å²) in [5.41, 5.74) is -4.21. The first-order chi connectivity index (χ1) is 13.8. The van der Waals surface area contributed by atoms with Crippen LogP contribution < -0.4 is 0 Å². The molecule has 0 aliphatic heterocycles. The number of carbonyl (C=O) groups is 1. The Morgan fingerprint density at radius 3 is 2.50 bits per heavy atom. The first kappa shape index (κ1) is 21.7. The number of carbonyl (C=O) groups excluding carboxylic acids is 1. The van der Waals surface area contributed by atoms with Crippen LogP contribution >= 0.6 is 0 Å². The highest BCUT2D eigenvalue weighted by Gasteiger charge is 2.58. The third-order valence-corrected chi connectivity index (χ3v) is 9.04. The molecule has 2 saturated carbocycles. The van der Waals surface area contributed by atoms with Crippen LogP contribution in [0.15, 0.2) is 35.1 Å². The van der Waals surface area contributed by atoms with Gasteiger partial charge in [0.25, 0.3) is 0 Å². The maximum Gasteiger partial charge on any atom is 0.534 e. The van der Waals surface area contributed by atoms with Crippen LogP contribution in [0, 0.1) is 28.6 Å². The van der Waals surface area contributed by atoms with Crippen LogP contribution in [0.3, 0.4) is 0 Å². The monoisotopic (exact) mass is 444 g/mol. The summed E-state index contributed by atoms with van der Waals surface area (Å²) in [5, 5.41) is 0. The molecule has 0 amide bonds. The summed E-state index contributed by atoms with van der Waals surface area (Å²) in [5.74, 6) is 0.704. The summed E-state index contributed by atoms with van der Waals surface area (Å²) in [6, 6.07) is 0. The smallest absolute Gasteiger partial charge is 0.380 e. The van der Waals surface area contributed by atoms with Gasteiger partial charge < -0.3 is 4.18 Å². The minimum absolute atomic E-state index is 0.110. The second kappa shape index (κ2) is 6.71.